The van der Waals surface area contributed by atoms with Gasteiger partial charge in [0.1, 0.15) is 0 Å². The van der Waals surface area contributed by atoms with Gasteiger partial charge in [-0.15, -0.1) is 0 Å². The molecule has 284 valence electrons. The molecule has 0 saturated carbocycles. The zero-order valence-electron chi connectivity index (χ0n) is 33.8. The van der Waals surface area contributed by atoms with Crippen LogP contribution in [0.3, 0.4) is 0 Å². The van der Waals surface area contributed by atoms with Crippen LogP contribution in [-0.4, -0.2) is 0 Å². The van der Waals surface area contributed by atoms with Crippen LogP contribution in [0.5, 0.6) is 0 Å². The highest BCUT2D eigenvalue weighted by Crippen LogP contribution is 2.55. The van der Waals surface area contributed by atoms with E-state index in [4.69, 9.17) is 0 Å². The molecule has 1 heteroatoms. The molecule has 0 amide bonds. The molecule has 10 aromatic rings. The molecule has 0 N–H and O–H groups in total. The topological polar surface area (TPSA) is 3.24 Å². The molecular weight excluding hydrogens is 723 g/mol. The number of anilines is 3. The van der Waals surface area contributed by atoms with Crippen LogP contribution in [0.25, 0.3) is 77.2 Å². The maximum atomic E-state index is 2.50. The fourth-order valence-electron chi connectivity index (χ4n) is 9.60. The second-order valence-corrected chi connectivity index (χ2v) is 16.5. The van der Waals surface area contributed by atoms with Crippen molar-refractivity contribution in [3.63, 3.8) is 0 Å². The van der Waals surface area contributed by atoms with Crippen LogP contribution in [0.4, 0.5) is 17.1 Å². The Labute approximate surface area is 352 Å². The van der Waals surface area contributed by atoms with E-state index in [0.29, 0.717) is 0 Å². The highest BCUT2D eigenvalue weighted by molar-refractivity contribution is 6.00. The van der Waals surface area contributed by atoms with Gasteiger partial charge in [-0.2, -0.15) is 0 Å². The Balaban J connectivity index is 1.05. The van der Waals surface area contributed by atoms with E-state index in [0.717, 1.165) is 11.4 Å². The minimum atomic E-state index is -0.126. The molecule has 0 radical (unpaired) electrons. The van der Waals surface area contributed by atoms with Gasteiger partial charge in [0.2, 0.25) is 0 Å². The third-order valence-electron chi connectivity index (χ3n) is 12.7. The Hall–Kier alpha value is -7.48. The van der Waals surface area contributed by atoms with Gasteiger partial charge in [0, 0.05) is 22.2 Å². The Bertz CT molecular complexity index is 3220. The number of hydrogen-bond donors (Lipinski definition) is 0. The molecule has 0 spiro atoms. The monoisotopic (exact) mass is 765 g/mol. The quantitative estimate of drug-likeness (QED) is 0.156. The second kappa shape index (κ2) is 14.4. The van der Waals surface area contributed by atoms with Crippen LogP contribution in [0, 0.1) is 0 Å². The molecule has 0 fully saturated rings. The van der Waals surface area contributed by atoms with E-state index in [9.17, 15) is 0 Å². The van der Waals surface area contributed by atoms with Gasteiger partial charge in [0.05, 0.1) is 11.4 Å². The van der Waals surface area contributed by atoms with E-state index in [1.165, 1.54) is 94.0 Å². The third-order valence-corrected chi connectivity index (χ3v) is 12.7. The lowest BCUT2D eigenvalue weighted by Gasteiger charge is -2.31. The summed E-state index contributed by atoms with van der Waals surface area (Å²) in [5.74, 6) is 0. The zero-order chi connectivity index (χ0) is 40.2. The normalized spacial score (nSPS) is 12.6. The van der Waals surface area contributed by atoms with E-state index < -0.39 is 0 Å². The fraction of sp³-hybridized carbons (Fsp3) is 0.0508. The standard InChI is InChI=1S/C59H43N/c1-59(2)54-24-9-7-22-53(54)58-55(59)25-13-27-57(58)60(49-19-11-18-47(39-49)41-28-30-42(31-29-41)48-37-32-40-14-3-4-16-46(40)38-48)56-26-10-8-21-52(56)45-35-33-44(34-36-45)51-23-12-17-43-15-5-6-20-50(43)51/h3-39H,1-2H3. The summed E-state index contributed by atoms with van der Waals surface area (Å²) >= 11 is 0. The van der Waals surface area contributed by atoms with Crippen molar-refractivity contribution in [2.24, 2.45) is 0 Å². The molecule has 1 aliphatic carbocycles. The SMILES string of the molecule is CC1(C)c2ccccc2-c2c(N(c3cccc(-c4ccc(-c5ccc6ccccc6c5)cc4)c3)c3ccccc3-c3ccc(-c4cccc5ccccc45)cc3)cccc21. The smallest absolute Gasteiger partial charge is 0.0543 e. The van der Waals surface area contributed by atoms with Gasteiger partial charge in [0.15, 0.2) is 0 Å². The number of hydrogen-bond acceptors (Lipinski definition) is 1. The van der Waals surface area contributed by atoms with E-state index >= 15 is 0 Å². The molecule has 60 heavy (non-hydrogen) atoms. The van der Waals surface area contributed by atoms with Crippen molar-refractivity contribution in [1.82, 2.24) is 0 Å². The van der Waals surface area contributed by atoms with Crippen molar-refractivity contribution in [3.05, 3.63) is 236 Å². The molecule has 11 rings (SSSR count). The lowest BCUT2D eigenvalue weighted by Crippen LogP contribution is -2.16. The number of nitrogens with zero attached hydrogens (tertiary/aromatic N) is 1. The third kappa shape index (κ3) is 6.01. The van der Waals surface area contributed by atoms with E-state index in [2.05, 4.69) is 243 Å². The number of benzene rings is 10. The largest absolute Gasteiger partial charge is 0.309 e. The molecule has 0 bridgehead atoms. The van der Waals surface area contributed by atoms with E-state index in [-0.39, 0.29) is 5.41 Å². The predicted octanol–water partition coefficient (Wildman–Crippen LogP) is 16.4. The molecule has 0 atom stereocenters. The Morgan fingerprint density at radius 1 is 0.317 bits per heavy atom. The number of rotatable bonds is 7. The lowest BCUT2D eigenvalue weighted by molar-refractivity contribution is 0.660. The average Bonchev–Trinajstić information content (AvgIpc) is 3.55. The van der Waals surface area contributed by atoms with E-state index in [1.54, 1.807) is 0 Å². The molecule has 1 nitrogen and oxygen atoms in total. The van der Waals surface area contributed by atoms with Crippen molar-refractivity contribution >= 4 is 38.6 Å². The first-order chi connectivity index (χ1) is 29.5. The second-order valence-electron chi connectivity index (χ2n) is 16.5. The Morgan fingerprint density at radius 3 is 1.63 bits per heavy atom. The summed E-state index contributed by atoms with van der Waals surface area (Å²) in [4.78, 5) is 2.50. The number of fused-ring (bicyclic) bond motifs is 5. The fourth-order valence-corrected chi connectivity index (χ4v) is 9.60. The van der Waals surface area contributed by atoms with Gasteiger partial charge < -0.3 is 4.90 Å². The maximum absolute atomic E-state index is 2.50. The van der Waals surface area contributed by atoms with Crippen molar-refractivity contribution in [2.75, 3.05) is 4.90 Å². The van der Waals surface area contributed by atoms with Gasteiger partial charge in [-0.1, -0.05) is 208 Å². The summed E-state index contributed by atoms with van der Waals surface area (Å²) in [7, 11) is 0. The first kappa shape index (κ1) is 35.7. The summed E-state index contributed by atoms with van der Waals surface area (Å²) in [5, 5.41) is 5.04. The molecular formula is C59H43N. The summed E-state index contributed by atoms with van der Waals surface area (Å²) in [6.45, 7) is 4.72. The summed E-state index contributed by atoms with van der Waals surface area (Å²) in [6, 6.07) is 82.4. The van der Waals surface area contributed by atoms with Crippen LogP contribution >= 0.6 is 0 Å². The first-order valence-electron chi connectivity index (χ1n) is 20.9. The summed E-state index contributed by atoms with van der Waals surface area (Å²) in [6.07, 6.45) is 0. The molecule has 0 unspecified atom stereocenters. The predicted molar refractivity (Wildman–Crippen MR) is 255 cm³/mol. The van der Waals surface area contributed by atoms with Crippen molar-refractivity contribution in [3.8, 4) is 55.6 Å². The Morgan fingerprint density at radius 2 is 0.833 bits per heavy atom. The molecule has 0 saturated heterocycles. The van der Waals surface area contributed by atoms with Gasteiger partial charge in [-0.3, -0.25) is 0 Å². The van der Waals surface area contributed by atoms with Gasteiger partial charge in [-0.05, 0) is 108 Å². The van der Waals surface area contributed by atoms with Gasteiger partial charge in [0.25, 0.3) is 0 Å². The van der Waals surface area contributed by atoms with Crippen molar-refractivity contribution in [2.45, 2.75) is 19.3 Å². The minimum Gasteiger partial charge on any atom is -0.309 e. The molecule has 0 aliphatic heterocycles. The van der Waals surface area contributed by atoms with Crippen molar-refractivity contribution < 1.29 is 0 Å². The van der Waals surface area contributed by atoms with Crippen LogP contribution in [0.2, 0.25) is 0 Å². The lowest BCUT2D eigenvalue weighted by atomic mass is 9.82. The molecule has 1 aliphatic rings. The highest BCUT2D eigenvalue weighted by atomic mass is 15.1. The van der Waals surface area contributed by atoms with Gasteiger partial charge in [-0.25, -0.2) is 0 Å². The number of para-hydroxylation sites is 1. The molecule has 0 heterocycles. The summed E-state index contributed by atoms with van der Waals surface area (Å²) in [5.41, 5.74) is 18.2. The minimum absolute atomic E-state index is 0.126. The highest BCUT2D eigenvalue weighted by Gasteiger charge is 2.38. The molecule has 10 aromatic carbocycles. The molecule has 0 aromatic heterocycles. The zero-order valence-corrected chi connectivity index (χ0v) is 33.8. The van der Waals surface area contributed by atoms with E-state index in [1.807, 2.05) is 0 Å². The van der Waals surface area contributed by atoms with Gasteiger partial charge >= 0.3 is 0 Å². The average molecular weight is 766 g/mol. The maximum Gasteiger partial charge on any atom is 0.0543 e. The Kier molecular flexibility index (Phi) is 8.57. The van der Waals surface area contributed by atoms with Crippen LogP contribution in [0.1, 0.15) is 25.0 Å². The van der Waals surface area contributed by atoms with Crippen molar-refractivity contribution in [1.29, 1.82) is 0 Å². The van der Waals surface area contributed by atoms with Crippen LogP contribution < -0.4 is 4.90 Å². The summed E-state index contributed by atoms with van der Waals surface area (Å²) < 4.78 is 0. The first-order valence-corrected chi connectivity index (χ1v) is 20.9. The van der Waals surface area contributed by atoms with Crippen LogP contribution in [-0.2, 0) is 5.41 Å². The van der Waals surface area contributed by atoms with Crippen LogP contribution in [0.15, 0.2) is 224 Å².